The molecule has 2 N–H and O–H groups in total. The molecular weight excluding hydrogens is 238 g/mol. The lowest BCUT2D eigenvalue weighted by molar-refractivity contribution is -0.119. The van der Waals surface area contributed by atoms with Gasteiger partial charge in [-0.25, -0.2) is 0 Å². The number of nitrogens with two attached hydrogens (primary N) is 1. The van der Waals surface area contributed by atoms with Gasteiger partial charge in [0.2, 0.25) is 5.91 Å². The highest BCUT2D eigenvalue weighted by Crippen LogP contribution is 2.34. The first-order chi connectivity index (χ1) is 8.93. The van der Waals surface area contributed by atoms with E-state index in [1.807, 2.05) is 36.9 Å². The first-order valence-corrected chi connectivity index (χ1v) is 6.87. The Kier molecular flexibility index (Phi) is 3.80. The number of benzene rings is 1. The standard InChI is InChI=1S/C15H23N3O/c1-10(2)17-9-12(16)15(19)18(11(3)4)14-8-6-5-7-13(14)17/h5-8,10-12H,9,16H2,1-4H3. The van der Waals surface area contributed by atoms with Gasteiger partial charge in [0.25, 0.3) is 0 Å². The summed E-state index contributed by atoms with van der Waals surface area (Å²) in [5, 5.41) is 0. The van der Waals surface area contributed by atoms with Crippen LogP contribution in [0.3, 0.4) is 0 Å². The first kappa shape index (κ1) is 13.9. The topological polar surface area (TPSA) is 49.6 Å². The Morgan fingerprint density at radius 1 is 1.11 bits per heavy atom. The Hall–Kier alpha value is -1.55. The van der Waals surface area contributed by atoms with Crippen molar-refractivity contribution in [1.82, 2.24) is 0 Å². The van der Waals surface area contributed by atoms with E-state index in [0.717, 1.165) is 11.4 Å². The molecule has 1 unspecified atom stereocenters. The number of rotatable bonds is 2. The Labute approximate surface area is 115 Å². The van der Waals surface area contributed by atoms with E-state index in [-0.39, 0.29) is 11.9 Å². The number of carbonyl (C=O) groups excluding carboxylic acids is 1. The molecule has 1 heterocycles. The van der Waals surface area contributed by atoms with Gasteiger partial charge in [-0.2, -0.15) is 0 Å². The van der Waals surface area contributed by atoms with Crippen LogP contribution in [0.2, 0.25) is 0 Å². The fraction of sp³-hybridized carbons (Fsp3) is 0.533. The fourth-order valence-corrected chi connectivity index (χ4v) is 2.62. The maximum Gasteiger partial charge on any atom is 0.246 e. The molecule has 4 heteroatoms. The minimum Gasteiger partial charge on any atom is -0.365 e. The molecule has 0 spiro atoms. The van der Waals surface area contributed by atoms with Crippen molar-refractivity contribution in [1.29, 1.82) is 0 Å². The van der Waals surface area contributed by atoms with Crippen molar-refractivity contribution in [3.05, 3.63) is 24.3 Å². The third-order valence-electron chi connectivity index (χ3n) is 3.54. The van der Waals surface area contributed by atoms with Crippen molar-refractivity contribution >= 4 is 17.3 Å². The van der Waals surface area contributed by atoms with E-state index >= 15 is 0 Å². The Morgan fingerprint density at radius 3 is 2.21 bits per heavy atom. The van der Waals surface area contributed by atoms with Crippen LogP contribution in [0.15, 0.2) is 24.3 Å². The predicted molar refractivity (Wildman–Crippen MR) is 79.5 cm³/mol. The minimum absolute atomic E-state index is 0.00519. The number of carbonyl (C=O) groups is 1. The van der Waals surface area contributed by atoms with Gasteiger partial charge in [-0.3, -0.25) is 4.79 Å². The van der Waals surface area contributed by atoms with Crippen LogP contribution in [0.1, 0.15) is 27.7 Å². The van der Waals surface area contributed by atoms with Crippen molar-refractivity contribution in [3.63, 3.8) is 0 Å². The van der Waals surface area contributed by atoms with Gasteiger partial charge in [0, 0.05) is 18.6 Å². The molecule has 2 rings (SSSR count). The molecule has 0 saturated heterocycles. The van der Waals surface area contributed by atoms with Crippen molar-refractivity contribution < 1.29 is 4.79 Å². The van der Waals surface area contributed by atoms with E-state index in [0.29, 0.717) is 12.6 Å². The molecule has 0 saturated carbocycles. The lowest BCUT2D eigenvalue weighted by Crippen LogP contribution is -2.50. The second kappa shape index (κ2) is 5.21. The Balaban J connectivity index is 2.58. The molecule has 0 bridgehead atoms. The Bertz CT molecular complexity index is 470. The third kappa shape index (κ3) is 2.45. The van der Waals surface area contributed by atoms with Crippen LogP contribution in [0.25, 0.3) is 0 Å². The van der Waals surface area contributed by atoms with Crippen LogP contribution in [-0.4, -0.2) is 30.6 Å². The van der Waals surface area contributed by atoms with Gasteiger partial charge in [-0.15, -0.1) is 0 Å². The van der Waals surface area contributed by atoms with E-state index in [1.54, 1.807) is 0 Å². The predicted octanol–water partition coefficient (Wildman–Crippen LogP) is 1.98. The van der Waals surface area contributed by atoms with Gasteiger partial charge in [-0.05, 0) is 39.8 Å². The molecule has 1 amide bonds. The van der Waals surface area contributed by atoms with E-state index in [2.05, 4.69) is 24.8 Å². The lowest BCUT2D eigenvalue weighted by Gasteiger charge is -2.30. The molecule has 0 radical (unpaired) electrons. The largest absolute Gasteiger partial charge is 0.365 e. The number of anilines is 2. The highest BCUT2D eigenvalue weighted by atomic mass is 16.2. The van der Waals surface area contributed by atoms with Gasteiger partial charge >= 0.3 is 0 Å². The average molecular weight is 261 g/mol. The summed E-state index contributed by atoms with van der Waals surface area (Å²) < 4.78 is 0. The monoisotopic (exact) mass is 261 g/mol. The summed E-state index contributed by atoms with van der Waals surface area (Å²) in [4.78, 5) is 16.5. The van der Waals surface area contributed by atoms with Crippen molar-refractivity contribution in [2.24, 2.45) is 5.73 Å². The number of hydrogen-bond acceptors (Lipinski definition) is 3. The number of hydrogen-bond donors (Lipinski definition) is 1. The van der Waals surface area contributed by atoms with Gasteiger partial charge in [-0.1, -0.05) is 12.1 Å². The number of nitrogens with zero attached hydrogens (tertiary/aromatic N) is 2. The van der Waals surface area contributed by atoms with Crippen molar-refractivity contribution in [2.75, 3.05) is 16.3 Å². The molecule has 0 aromatic heterocycles. The van der Waals surface area contributed by atoms with Gasteiger partial charge < -0.3 is 15.5 Å². The molecule has 1 aliphatic heterocycles. The molecule has 1 aromatic carbocycles. The van der Waals surface area contributed by atoms with E-state index in [9.17, 15) is 4.79 Å². The zero-order chi connectivity index (χ0) is 14.2. The average Bonchev–Trinajstić information content (AvgIpc) is 2.46. The molecule has 104 valence electrons. The van der Waals surface area contributed by atoms with Crippen LogP contribution >= 0.6 is 0 Å². The van der Waals surface area contributed by atoms with Crippen LogP contribution in [0, 0.1) is 0 Å². The minimum atomic E-state index is -0.475. The number of fused-ring (bicyclic) bond motifs is 1. The number of amides is 1. The molecule has 0 fully saturated rings. The number of para-hydroxylation sites is 2. The summed E-state index contributed by atoms with van der Waals surface area (Å²) in [6.07, 6.45) is 0. The van der Waals surface area contributed by atoms with E-state index < -0.39 is 6.04 Å². The maximum absolute atomic E-state index is 12.5. The first-order valence-electron chi connectivity index (χ1n) is 6.87. The van der Waals surface area contributed by atoms with Crippen LogP contribution < -0.4 is 15.5 Å². The van der Waals surface area contributed by atoms with E-state index in [4.69, 9.17) is 5.73 Å². The molecule has 0 aliphatic carbocycles. The molecule has 1 aliphatic rings. The quantitative estimate of drug-likeness (QED) is 0.885. The summed E-state index contributed by atoms with van der Waals surface area (Å²) >= 11 is 0. The third-order valence-corrected chi connectivity index (χ3v) is 3.54. The summed E-state index contributed by atoms with van der Waals surface area (Å²) in [6, 6.07) is 7.98. The normalized spacial score (nSPS) is 19.9. The maximum atomic E-state index is 12.5. The summed E-state index contributed by atoms with van der Waals surface area (Å²) in [5.41, 5.74) is 8.13. The smallest absolute Gasteiger partial charge is 0.246 e. The summed E-state index contributed by atoms with van der Waals surface area (Å²) in [7, 11) is 0. The van der Waals surface area contributed by atoms with Gasteiger partial charge in [0.1, 0.15) is 6.04 Å². The molecule has 1 atom stereocenters. The fourth-order valence-electron chi connectivity index (χ4n) is 2.62. The zero-order valence-corrected chi connectivity index (χ0v) is 12.1. The highest BCUT2D eigenvalue weighted by molar-refractivity contribution is 6.02. The SMILES string of the molecule is CC(C)N1CC(N)C(=O)N(C(C)C)c2ccccc21. The van der Waals surface area contributed by atoms with Crippen LogP contribution in [-0.2, 0) is 4.79 Å². The van der Waals surface area contributed by atoms with Gasteiger partial charge in [0.15, 0.2) is 0 Å². The van der Waals surface area contributed by atoms with Crippen LogP contribution in [0.5, 0.6) is 0 Å². The van der Waals surface area contributed by atoms with E-state index in [1.165, 1.54) is 0 Å². The lowest BCUT2D eigenvalue weighted by atomic mass is 10.2. The van der Waals surface area contributed by atoms with Crippen molar-refractivity contribution in [2.45, 2.75) is 45.8 Å². The second-order valence-electron chi connectivity index (χ2n) is 5.64. The zero-order valence-electron chi connectivity index (χ0n) is 12.1. The molecule has 4 nitrogen and oxygen atoms in total. The van der Waals surface area contributed by atoms with Crippen molar-refractivity contribution in [3.8, 4) is 0 Å². The molecular formula is C15H23N3O. The Morgan fingerprint density at radius 2 is 1.68 bits per heavy atom. The molecule has 19 heavy (non-hydrogen) atoms. The molecule has 1 aromatic rings. The highest BCUT2D eigenvalue weighted by Gasteiger charge is 2.33. The summed E-state index contributed by atoms with van der Waals surface area (Å²) in [5.74, 6) is 0.00519. The second-order valence-corrected chi connectivity index (χ2v) is 5.64. The van der Waals surface area contributed by atoms with Crippen LogP contribution in [0.4, 0.5) is 11.4 Å². The summed E-state index contributed by atoms with van der Waals surface area (Å²) in [6.45, 7) is 8.85. The van der Waals surface area contributed by atoms with Gasteiger partial charge in [0.05, 0.1) is 11.4 Å².